The van der Waals surface area contributed by atoms with Crippen LogP contribution in [0.3, 0.4) is 0 Å². The molecule has 0 saturated heterocycles. The number of fused-ring (bicyclic) bond motifs is 1. The van der Waals surface area contributed by atoms with Crippen LogP contribution in [0.25, 0.3) is 10.9 Å². The molecule has 0 atom stereocenters. The molecule has 3 aromatic rings. The number of carboxylic acids is 1. The highest BCUT2D eigenvalue weighted by molar-refractivity contribution is 5.98. The molecule has 0 spiro atoms. The molecule has 2 aromatic heterocycles. The largest absolute Gasteiger partial charge is 0.478 e. The van der Waals surface area contributed by atoms with Gasteiger partial charge < -0.3 is 15.2 Å². The number of ether oxygens (including phenoxy) is 1. The summed E-state index contributed by atoms with van der Waals surface area (Å²) in [6.45, 7) is 2.91. The lowest BCUT2D eigenvalue weighted by Crippen LogP contribution is -2.08. The molecule has 0 unspecified atom stereocenters. The molecule has 124 valence electrons. The predicted octanol–water partition coefficient (Wildman–Crippen LogP) is 2.83. The minimum Gasteiger partial charge on any atom is -0.478 e. The number of aryl methyl sites for hydroxylation is 1. The molecule has 0 radical (unpaired) electrons. The molecule has 0 amide bonds. The molecule has 0 aliphatic rings. The molecule has 2 heterocycles. The molecule has 7 nitrogen and oxygen atoms in total. The number of benzene rings is 1. The molecule has 7 heteroatoms. The monoisotopic (exact) mass is 326 g/mol. The predicted molar refractivity (Wildman–Crippen MR) is 90.8 cm³/mol. The summed E-state index contributed by atoms with van der Waals surface area (Å²) in [5.41, 5.74) is 2.17. The van der Waals surface area contributed by atoms with Gasteiger partial charge in [-0.2, -0.15) is 5.10 Å². The van der Waals surface area contributed by atoms with Crippen LogP contribution in [0.1, 0.15) is 16.1 Å². The van der Waals surface area contributed by atoms with Gasteiger partial charge in [-0.25, -0.2) is 4.79 Å². The Morgan fingerprint density at radius 1 is 1.33 bits per heavy atom. The van der Waals surface area contributed by atoms with Gasteiger partial charge in [0, 0.05) is 18.7 Å². The zero-order valence-corrected chi connectivity index (χ0v) is 13.5. The smallest absolute Gasteiger partial charge is 0.337 e. The van der Waals surface area contributed by atoms with Crippen molar-refractivity contribution in [3.63, 3.8) is 0 Å². The van der Waals surface area contributed by atoms with Crippen molar-refractivity contribution in [3.05, 3.63) is 47.8 Å². The first-order chi connectivity index (χ1) is 11.6. The maximum Gasteiger partial charge on any atom is 0.337 e. The average molecular weight is 326 g/mol. The Hall–Kier alpha value is -2.93. The van der Waals surface area contributed by atoms with Gasteiger partial charge in [-0.1, -0.05) is 12.1 Å². The second-order valence-electron chi connectivity index (χ2n) is 5.33. The van der Waals surface area contributed by atoms with E-state index in [1.54, 1.807) is 14.0 Å². The fourth-order valence-corrected chi connectivity index (χ4v) is 2.59. The van der Waals surface area contributed by atoms with Crippen LogP contribution in [-0.4, -0.2) is 39.6 Å². The zero-order chi connectivity index (χ0) is 17.1. The average Bonchev–Trinajstić information content (AvgIpc) is 2.92. The van der Waals surface area contributed by atoms with E-state index in [2.05, 4.69) is 15.4 Å². The number of hydrogen-bond acceptors (Lipinski definition) is 5. The number of carboxylic acid groups (broad SMARTS) is 1. The molecule has 0 fully saturated rings. The first kappa shape index (κ1) is 15.9. The number of aromatic carboxylic acids is 1. The quantitative estimate of drug-likeness (QED) is 0.724. The van der Waals surface area contributed by atoms with Crippen LogP contribution in [0.5, 0.6) is 0 Å². The van der Waals surface area contributed by atoms with Crippen LogP contribution in [0.15, 0.2) is 36.5 Å². The minimum absolute atomic E-state index is 0.165. The van der Waals surface area contributed by atoms with Crippen molar-refractivity contribution in [2.45, 2.75) is 13.5 Å². The van der Waals surface area contributed by atoms with Gasteiger partial charge in [0.05, 0.1) is 35.6 Å². The van der Waals surface area contributed by atoms with Crippen molar-refractivity contribution >= 4 is 28.4 Å². The second-order valence-corrected chi connectivity index (χ2v) is 5.33. The van der Waals surface area contributed by atoms with Gasteiger partial charge >= 0.3 is 5.97 Å². The molecular formula is C17H18N4O3. The Bertz CT molecular complexity index is 889. The number of rotatable bonds is 6. The lowest BCUT2D eigenvalue weighted by atomic mass is 10.1. The van der Waals surface area contributed by atoms with Crippen LogP contribution in [-0.2, 0) is 11.3 Å². The maximum absolute atomic E-state index is 11.5. The number of carbonyl (C=O) groups is 1. The summed E-state index contributed by atoms with van der Waals surface area (Å²) in [6, 6.07) is 9.25. The highest BCUT2D eigenvalue weighted by Gasteiger charge is 2.16. The lowest BCUT2D eigenvalue weighted by molar-refractivity contribution is 0.0697. The molecule has 0 aliphatic heterocycles. The van der Waals surface area contributed by atoms with Crippen molar-refractivity contribution in [1.29, 1.82) is 0 Å². The van der Waals surface area contributed by atoms with E-state index in [4.69, 9.17) is 4.74 Å². The number of methoxy groups -OCH3 is 1. The van der Waals surface area contributed by atoms with E-state index in [-0.39, 0.29) is 5.56 Å². The van der Waals surface area contributed by atoms with Crippen molar-refractivity contribution in [1.82, 2.24) is 14.8 Å². The highest BCUT2D eigenvalue weighted by Crippen LogP contribution is 2.28. The van der Waals surface area contributed by atoms with Gasteiger partial charge in [-0.3, -0.25) is 9.67 Å². The number of anilines is 2. The third kappa shape index (κ3) is 2.93. The van der Waals surface area contributed by atoms with E-state index in [9.17, 15) is 9.90 Å². The summed E-state index contributed by atoms with van der Waals surface area (Å²) in [4.78, 5) is 15.6. The Kier molecular flexibility index (Phi) is 4.43. The van der Waals surface area contributed by atoms with Gasteiger partial charge in [0.2, 0.25) is 0 Å². The van der Waals surface area contributed by atoms with Crippen LogP contribution in [0, 0.1) is 6.92 Å². The van der Waals surface area contributed by atoms with Crippen molar-refractivity contribution in [2.75, 3.05) is 19.0 Å². The van der Waals surface area contributed by atoms with Gasteiger partial charge in [0.15, 0.2) is 5.82 Å². The van der Waals surface area contributed by atoms with Gasteiger partial charge in [-0.15, -0.1) is 0 Å². The summed E-state index contributed by atoms with van der Waals surface area (Å²) in [6.07, 6.45) is 1.49. The van der Waals surface area contributed by atoms with Crippen LogP contribution >= 0.6 is 0 Å². The summed E-state index contributed by atoms with van der Waals surface area (Å²) in [7, 11) is 1.64. The fraction of sp³-hybridized carbons (Fsp3) is 0.235. The van der Waals surface area contributed by atoms with Gasteiger partial charge in [0.1, 0.15) is 0 Å². The van der Waals surface area contributed by atoms with E-state index >= 15 is 0 Å². The molecule has 0 saturated carbocycles. The third-order valence-electron chi connectivity index (χ3n) is 3.78. The number of aromatic nitrogens is 3. The summed E-state index contributed by atoms with van der Waals surface area (Å²) in [5.74, 6) is -0.411. The summed E-state index contributed by atoms with van der Waals surface area (Å²) >= 11 is 0. The number of nitrogens with one attached hydrogen (secondary N) is 1. The third-order valence-corrected chi connectivity index (χ3v) is 3.78. The first-order valence-electron chi connectivity index (χ1n) is 7.52. The van der Waals surface area contributed by atoms with Gasteiger partial charge in [0.25, 0.3) is 0 Å². The van der Waals surface area contributed by atoms with E-state index < -0.39 is 5.97 Å². The molecule has 24 heavy (non-hydrogen) atoms. The number of para-hydroxylation sites is 1. The Labute approximate surface area is 138 Å². The number of hydrogen-bond donors (Lipinski definition) is 2. The van der Waals surface area contributed by atoms with Crippen molar-refractivity contribution in [2.24, 2.45) is 0 Å². The van der Waals surface area contributed by atoms with Crippen LogP contribution < -0.4 is 5.32 Å². The van der Waals surface area contributed by atoms with E-state index in [1.807, 2.05) is 28.9 Å². The number of nitrogens with zero attached hydrogens (tertiary/aromatic N) is 3. The highest BCUT2D eigenvalue weighted by atomic mass is 16.5. The molecule has 0 aliphatic carbocycles. The SMILES string of the molecule is COCCn1nc(Nc2c(C(=O)O)ccnc2C)c2ccccc21. The normalized spacial score (nSPS) is 10.9. The second kappa shape index (κ2) is 6.67. The van der Waals surface area contributed by atoms with Gasteiger partial charge in [-0.05, 0) is 25.1 Å². The maximum atomic E-state index is 11.5. The van der Waals surface area contributed by atoms with E-state index in [0.717, 1.165) is 10.9 Å². The van der Waals surface area contributed by atoms with E-state index in [1.165, 1.54) is 12.3 Å². The fourth-order valence-electron chi connectivity index (χ4n) is 2.59. The lowest BCUT2D eigenvalue weighted by Gasteiger charge is -2.10. The van der Waals surface area contributed by atoms with E-state index in [0.29, 0.717) is 30.4 Å². The standard InChI is InChI=1S/C17H18N4O3/c1-11-15(13(17(22)23)7-8-18-11)19-16-12-5-3-4-6-14(12)21(20-16)9-10-24-2/h3-8H,9-10H2,1-2H3,(H,19,20)(H,22,23). The first-order valence-corrected chi connectivity index (χ1v) is 7.52. The Balaban J connectivity index is 2.07. The summed E-state index contributed by atoms with van der Waals surface area (Å²) in [5, 5.41) is 18.0. The molecule has 1 aromatic carbocycles. The van der Waals surface area contributed by atoms with Crippen molar-refractivity contribution < 1.29 is 14.6 Å². The van der Waals surface area contributed by atoms with Crippen LogP contribution in [0.2, 0.25) is 0 Å². The summed E-state index contributed by atoms with van der Waals surface area (Å²) < 4.78 is 6.96. The number of pyridine rings is 1. The van der Waals surface area contributed by atoms with Crippen molar-refractivity contribution in [3.8, 4) is 0 Å². The van der Waals surface area contributed by atoms with Crippen LogP contribution in [0.4, 0.5) is 11.5 Å². The molecular weight excluding hydrogens is 308 g/mol. The molecule has 3 rings (SSSR count). The Morgan fingerprint density at radius 2 is 2.12 bits per heavy atom. The topological polar surface area (TPSA) is 89.3 Å². The molecule has 0 bridgehead atoms. The molecule has 2 N–H and O–H groups in total. The zero-order valence-electron chi connectivity index (χ0n) is 13.5. The Morgan fingerprint density at radius 3 is 2.88 bits per heavy atom. The minimum atomic E-state index is -1.01.